The third-order valence-corrected chi connectivity index (χ3v) is 3.83. The van der Waals surface area contributed by atoms with E-state index in [1.165, 1.54) is 6.07 Å². The van der Waals surface area contributed by atoms with Crippen LogP contribution in [0.15, 0.2) is 47.3 Å². The van der Waals surface area contributed by atoms with Crippen molar-refractivity contribution in [2.75, 3.05) is 11.4 Å². The first-order valence-corrected chi connectivity index (χ1v) is 7.41. The number of carbonyl (C=O) groups is 2. The molecule has 1 fully saturated rings. The van der Waals surface area contributed by atoms with E-state index in [0.29, 0.717) is 12.2 Å². The van der Waals surface area contributed by atoms with Crippen molar-refractivity contribution in [3.05, 3.63) is 64.1 Å². The van der Waals surface area contributed by atoms with E-state index >= 15 is 0 Å². The lowest BCUT2D eigenvalue weighted by molar-refractivity contribution is -0.117. The molecular weight excluding hydrogens is 294 g/mol. The van der Waals surface area contributed by atoms with Crippen molar-refractivity contribution in [1.29, 1.82) is 0 Å². The first-order valence-electron chi connectivity index (χ1n) is 7.41. The molecule has 1 aliphatic heterocycles. The third-order valence-electron chi connectivity index (χ3n) is 3.83. The maximum absolute atomic E-state index is 12.2. The Kier molecular flexibility index (Phi) is 3.97. The Hall–Kier alpha value is -2.89. The van der Waals surface area contributed by atoms with Crippen molar-refractivity contribution in [3.8, 4) is 0 Å². The molecule has 0 saturated carbocycles. The van der Waals surface area contributed by atoms with Crippen molar-refractivity contribution in [2.45, 2.75) is 19.4 Å². The molecule has 1 unspecified atom stereocenters. The Bertz CT molecular complexity index is 798. The van der Waals surface area contributed by atoms with Crippen molar-refractivity contribution < 1.29 is 9.59 Å². The van der Waals surface area contributed by atoms with E-state index in [1.54, 1.807) is 17.9 Å². The number of carbonyl (C=O) groups excluding carboxylic acids is 2. The van der Waals surface area contributed by atoms with Gasteiger partial charge in [-0.3, -0.25) is 14.4 Å². The smallest absolute Gasteiger partial charge is 0.260 e. The van der Waals surface area contributed by atoms with Crippen LogP contribution in [0.1, 0.15) is 22.5 Å². The maximum atomic E-state index is 12.2. The van der Waals surface area contributed by atoms with Gasteiger partial charge in [0.25, 0.3) is 11.5 Å². The lowest BCUT2D eigenvalue weighted by Crippen LogP contribution is -2.39. The Morgan fingerprint density at radius 3 is 2.61 bits per heavy atom. The molecule has 0 radical (unpaired) electrons. The second-order valence-electron chi connectivity index (χ2n) is 5.60. The Labute approximate surface area is 133 Å². The van der Waals surface area contributed by atoms with Crippen LogP contribution in [0.4, 0.5) is 5.69 Å². The van der Waals surface area contributed by atoms with E-state index in [9.17, 15) is 14.4 Å². The highest BCUT2D eigenvalue weighted by Crippen LogP contribution is 2.21. The summed E-state index contributed by atoms with van der Waals surface area (Å²) < 4.78 is 0. The molecule has 1 aromatic heterocycles. The number of pyridine rings is 1. The molecule has 3 rings (SSSR count). The molecule has 6 heteroatoms. The van der Waals surface area contributed by atoms with Crippen LogP contribution in [0.3, 0.4) is 0 Å². The van der Waals surface area contributed by atoms with Crippen molar-refractivity contribution in [1.82, 2.24) is 10.3 Å². The standard InChI is InChI=1S/C17H17N3O3/c1-11-7-8-14(16(22)18-11)17(23)19-12-9-15(21)20(10-12)13-5-3-2-4-6-13/h2-8,12H,9-10H2,1H3,(H,18,22)(H,19,23). The van der Waals surface area contributed by atoms with E-state index in [2.05, 4.69) is 10.3 Å². The molecule has 1 saturated heterocycles. The van der Waals surface area contributed by atoms with Crippen LogP contribution >= 0.6 is 0 Å². The number of H-pyrrole nitrogens is 1. The number of hydrogen-bond donors (Lipinski definition) is 2. The average molecular weight is 311 g/mol. The number of aromatic nitrogens is 1. The van der Waals surface area contributed by atoms with Gasteiger partial charge in [-0.15, -0.1) is 0 Å². The summed E-state index contributed by atoms with van der Waals surface area (Å²) in [6.45, 7) is 2.15. The minimum absolute atomic E-state index is 0.0423. The molecule has 0 bridgehead atoms. The molecule has 2 aromatic rings. The molecule has 2 N–H and O–H groups in total. The van der Waals surface area contributed by atoms with Gasteiger partial charge in [0.05, 0.1) is 6.04 Å². The first kappa shape index (κ1) is 15.0. The fraction of sp³-hybridized carbons (Fsp3) is 0.235. The van der Waals surface area contributed by atoms with Crippen LogP contribution < -0.4 is 15.8 Å². The van der Waals surface area contributed by atoms with Crippen molar-refractivity contribution in [3.63, 3.8) is 0 Å². The molecule has 23 heavy (non-hydrogen) atoms. The molecule has 2 amide bonds. The number of para-hydroxylation sites is 1. The third kappa shape index (κ3) is 3.15. The minimum Gasteiger partial charge on any atom is -0.347 e. The number of aryl methyl sites for hydroxylation is 1. The molecule has 0 spiro atoms. The highest BCUT2D eigenvalue weighted by Gasteiger charge is 2.31. The second kappa shape index (κ2) is 6.08. The van der Waals surface area contributed by atoms with Gasteiger partial charge in [-0.05, 0) is 31.2 Å². The van der Waals surface area contributed by atoms with E-state index in [-0.39, 0.29) is 23.9 Å². The number of benzene rings is 1. The molecule has 1 aromatic carbocycles. The molecule has 0 aliphatic carbocycles. The van der Waals surface area contributed by atoms with Gasteiger partial charge in [0.2, 0.25) is 5.91 Å². The summed E-state index contributed by atoms with van der Waals surface area (Å²) in [4.78, 5) is 40.4. The van der Waals surface area contributed by atoms with Crippen molar-refractivity contribution in [2.24, 2.45) is 0 Å². The summed E-state index contributed by atoms with van der Waals surface area (Å²) >= 11 is 0. The predicted octanol–water partition coefficient (Wildman–Crippen LogP) is 1.22. The van der Waals surface area contributed by atoms with E-state index in [4.69, 9.17) is 0 Å². The van der Waals surface area contributed by atoms with Crippen LogP contribution in [-0.2, 0) is 4.79 Å². The van der Waals surface area contributed by atoms with Gasteiger partial charge in [-0.25, -0.2) is 0 Å². The summed E-state index contributed by atoms with van der Waals surface area (Å²) in [5.74, 6) is -0.502. The molecule has 1 atom stereocenters. The molecule has 2 heterocycles. The van der Waals surface area contributed by atoms with Crippen LogP contribution in [0.25, 0.3) is 0 Å². The number of amides is 2. The van der Waals surface area contributed by atoms with Gasteiger partial charge in [0.1, 0.15) is 5.56 Å². The van der Waals surface area contributed by atoms with Gasteiger partial charge in [-0.2, -0.15) is 0 Å². The highest BCUT2D eigenvalue weighted by molar-refractivity contribution is 5.98. The van der Waals surface area contributed by atoms with Crippen LogP contribution in [0, 0.1) is 6.92 Å². The number of nitrogens with one attached hydrogen (secondary N) is 2. The van der Waals surface area contributed by atoms with Crippen LogP contribution in [0.2, 0.25) is 0 Å². The van der Waals surface area contributed by atoms with Crippen LogP contribution in [-0.4, -0.2) is 29.4 Å². The van der Waals surface area contributed by atoms with E-state index < -0.39 is 11.5 Å². The first-order chi connectivity index (χ1) is 11.0. The summed E-state index contributed by atoms with van der Waals surface area (Å²) in [5.41, 5.74) is 1.13. The van der Waals surface area contributed by atoms with Gasteiger partial charge in [0.15, 0.2) is 0 Å². The number of aromatic amines is 1. The van der Waals surface area contributed by atoms with Gasteiger partial charge in [0, 0.05) is 24.3 Å². The molecule has 6 nitrogen and oxygen atoms in total. The highest BCUT2D eigenvalue weighted by atomic mass is 16.2. The normalized spacial score (nSPS) is 17.3. The molecular formula is C17H17N3O3. The fourth-order valence-electron chi connectivity index (χ4n) is 2.68. The number of anilines is 1. The summed E-state index contributed by atoms with van der Waals surface area (Å²) in [7, 11) is 0. The zero-order valence-electron chi connectivity index (χ0n) is 12.7. The maximum Gasteiger partial charge on any atom is 0.260 e. The van der Waals surface area contributed by atoms with Crippen molar-refractivity contribution >= 4 is 17.5 Å². The lowest BCUT2D eigenvalue weighted by atomic mass is 10.2. The summed E-state index contributed by atoms with van der Waals surface area (Å²) in [6, 6.07) is 12.2. The van der Waals surface area contributed by atoms with Gasteiger partial charge in [-0.1, -0.05) is 18.2 Å². The molecule has 1 aliphatic rings. The topological polar surface area (TPSA) is 82.3 Å². The summed E-state index contributed by atoms with van der Waals surface area (Å²) in [6.07, 6.45) is 0.227. The second-order valence-corrected chi connectivity index (χ2v) is 5.60. The van der Waals surface area contributed by atoms with Gasteiger partial charge < -0.3 is 15.2 Å². The Morgan fingerprint density at radius 1 is 1.17 bits per heavy atom. The SMILES string of the molecule is Cc1ccc(C(=O)NC2CC(=O)N(c3ccccc3)C2)c(=O)[nH]1. The van der Waals surface area contributed by atoms with Crippen LogP contribution in [0.5, 0.6) is 0 Å². The number of rotatable bonds is 3. The monoisotopic (exact) mass is 311 g/mol. The lowest BCUT2D eigenvalue weighted by Gasteiger charge is -2.17. The zero-order valence-corrected chi connectivity index (χ0v) is 12.7. The summed E-state index contributed by atoms with van der Waals surface area (Å²) in [5, 5.41) is 2.76. The zero-order chi connectivity index (χ0) is 16.4. The van der Waals surface area contributed by atoms with E-state index in [1.807, 2.05) is 30.3 Å². The molecule has 118 valence electrons. The number of hydrogen-bond acceptors (Lipinski definition) is 3. The van der Waals surface area contributed by atoms with E-state index in [0.717, 1.165) is 5.69 Å². The Morgan fingerprint density at radius 2 is 1.91 bits per heavy atom. The minimum atomic E-state index is -0.459. The van der Waals surface area contributed by atoms with Gasteiger partial charge >= 0.3 is 0 Å². The quantitative estimate of drug-likeness (QED) is 0.894. The largest absolute Gasteiger partial charge is 0.347 e. The fourth-order valence-corrected chi connectivity index (χ4v) is 2.68. The predicted molar refractivity (Wildman–Crippen MR) is 86.5 cm³/mol. The Balaban J connectivity index is 1.71. The number of nitrogens with zero attached hydrogens (tertiary/aromatic N) is 1. The average Bonchev–Trinajstić information content (AvgIpc) is 2.88.